The highest BCUT2D eigenvalue weighted by molar-refractivity contribution is 5.93. The van der Waals surface area contributed by atoms with Crippen LogP contribution in [0.2, 0.25) is 0 Å². The fraction of sp³-hybridized carbons (Fsp3) is 0.444. The van der Waals surface area contributed by atoms with E-state index in [1.54, 1.807) is 0 Å². The number of rotatable bonds is 1. The number of imidazole rings is 1. The van der Waals surface area contributed by atoms with E-state index in [2.05, 4.69) is 21.7 Å². The molecule has 0 saturated carbocycles. The van der Waals surface area contributed by atoms with Crippen LogP contribution >= 0.6 is 0 Å². The van der Waals surface area contributed by atoms with Crippen molar-refractivity contribution in [1.29, 1.82) is 0 Å². The number of nitrogens with zero attached hydrogens (tertiary/aromatic N) is 2. The van der Waals surface area contributed by atoms with Crippen LogP contribution in [0.4, 0.5) is 0 Å². The highest BCUT2D eigenvalue weighted by atomic mass is 16.5. The largest absolute Gasteiger partial charge is 0.361 e. The molecule has 4 rings (SSSR count). The Morgan fingerprint density at radius 1 is 1.18 bits per heavy atom. The third-order valence-electron chi connectivity index (χ3n) is 4.98. The van der Waals surface area contributed by atoms with Crippen LogP contribution in [0.25, 0.3) is 11.3 Å². The molecular weight excluding hydrogens is 276 g/mol. The zero-order valence-corrected chi connectivity index (χ0v) is 13.3. The molecule has 0 N–H and O–H groups in total. The van der Waals surface area contributed by atoms with Gasteiger partial charge in [-0.15, -0.1) is 0 Å². The molecule has 2 unspecified atom stereocenters. The van der Waals surface area contributed by atoms with Crippen LogP contribution in [0.1, 0.15) is 39.3 Å². The van der Waals surface area contributed by atoms with E-state index in [0.29, 0.717) is 0 Å². The Balaban J connectivity index is 1.92. The Morgan fingerprint density at radius 2 is 1.91 bits per heavy atom. The molecule has 0 spiro atoms. The molecule has 4 heteroatoms. The van der Waals surface area contributed by atoms with Crippen molar-refractivity contribution in [3.8, 4) is 11.3 Å². The maximum atomic E-state index is 13.0. The van der Waals surface area contributed by atoms with Crippen LogP contribution in [-0.2, 0) is 9.53 Å². The van der Waals surface area contributed by atoms with Gasteiger partial charge in [-0.3, -0.25) is 4.79 Å². The van der Waals surface area contributed by atoms with E-state index in [1.807, 2.05) is 52.4 Å². The Hall–Kier alpha value is -1.94. The molecule has 0 aliphatic carbocycles. The van der Waals surface area contributed by atoms with E-state index in [9.17, 15) is 4.79 Å². The van der Waals surface area contributed by atoms with Gasteiger partial charge < -0.3 is 9.30 Å². The van der Waals surface area contributed by atoms with Gasteiger partial charge in [0.05, 0.1) is 35.8 Å². The van der Waals surface area contributed by atoms with Crippen LogP contribution in [0.3, 0.4) is 0 Å². The first-order chi connectivity index (χ1) is 10.3. The summed E-state index contributed by atoms with van der Waals surface area (Å²) < 4.78 is 8.22. The molecule has 1 fully saturated rings. The minimum absolute atomic E-state index is 0.0435. The quantitative estimate of drug-likeness (QED) is 0.811. The number of aromatic nitrogens is 2. The number of ketones is 1. The molecule has 0 bridgehead atoms. The van der Waals surface area contributed by atoms with Gasteiger partial charge in [0.15, 0.2) is 5.78 Å². The lowest BCUT2D eigenvalue weighted by molar-refractivity contribution is -0.132. The van der Waals surface area contributed by atoms with Crippen molar-refractivity contribution in [3.63, 3.8) is 0 Å². The second-order valence-corrected chi connectivity index (χ2v) is 7.28. The van der Waals surface area contributed by atoms with E-state index in [0.717, 1.165) is 5.69 Å². The van der Waals surface area contributed by atoms with Crippen molar-refractivity contribution in [2.24, 2.45) is 5.92 Å². The molecule has 3 heterocycles. The summed E-state index contributed by atoms with van der Waals surface area (Å²) in [5.74, 6) is -0.0575. The first kappa shape index (κ1) is 13.7. The number of hydrogen-bond donors (Lipinski definition) is 0. The van der Waals surface area contributed by atoms with E-state index in [4.69, 9.17) is 4.74 Å². The molecule has 2 aromatic rings. The van der Waals surface area contributed by atoms with E-state index >= 15 is 0 Å². The lowest BCUT2D eigenvalue weighted by Gasteiger charge is -2.30. The van der Waals surface area contributed by atoms with Crippen molar-refractivity contribution in [2.45, 2.75) is 44.9 Å². The fourth-order valence-electron chi connectivity index (χ4n) is 4.20. The summed E-state index contributed by atoms with van der Waals surface area (Å²) in [6.07, 6.45) is 3.70. The van der Waals surface area contributed by atoms with Gasteiger partial charge in [0.25, 0.3) is 0 Å². The van der Waals surface area contributed by atoms with Crippen LogP contribution in [0, 0.1) is 5.92 Å². The van der Waals surface area contributed by atoms with Crippen molar-refractivity contribution < 1.29 is 9.53 Å². The predicted molar refractivity (Wildman–Crippen MR) is 83.5 cm³/mol. The Labute approximate surface area is 130 Å². The number of benzene rings is 1. The average Bonchev–Trinajstić information content (AvgIpc) is 3.04. The number of ether oxygens (including phenoxy) is 1. The van der Waals surface area contributed by atoms with Gasteiger partial charge in [-0.2, -0.15) is 0 Å². The highest BCUT2D eigenvalue weighted by Gasteiger charge is 2.58. The summed E-state index contributed by atoms with van der Waals surface area (Å²) in [5.41, 5.74) is 2.18. The molecule has 0 radical (unpaired) electrons. The fourth-order valence-corrected chi connectivity index (χ4v) is 4.20. The summed E-state index contributed by atoms with van der Waals surface area (Å²) in [5, 5.41) is 0. The molecule has 2 atom stereocenters. The van der Waals surface area contributed by atoms with Crippen molar-refractivity contribution >= 4 is 5.78 Å². The Morgan fingerprint density at radius 3 is 2.59 bits per heavy atom. The van der Waals surface area contributed by atoms with E-state index in [1.165, 1.54) is 11.1 Å². The number of hydrogen-bond acceptors (Lipinski definition) is 3. The predicted octanol–water partition coefficient (Wildman–Crippen LogP) is 3.23. The number of fused-ring (bicyclic) bond motifs is 3. The molecule has 1 aromatic carbocycles. The number of carbonyl (C=O) groups excluding carboxylic acids is 1. The summed E-state index contributed by atoms with van der Waals surface area (Å²) in [6.45, 7) is 7.77. The van der Waals surface area contributed by atoms with E-state index in [-0.39, 0.29) is 17.7 Å². The monoisotopic (exact) mass is 296 g/mol. The zero-order chi connectivity index (χ0) is 15.7. The van der Waals surface area contributed by atoms with Crippen LogP contribution in [-0.4, -0.2) is 26.5 Å². The molecule has 1 saturated heterocycles. The molecule has 114 valence electrons. The minimum atomic E-state index is -0.744. The molecule has 4 nitrogen and oxygen atoms in total. The average molecular weight is 296 g/mol. The van der Waals surface area contributed by atoms with Gasteiger partial charge in [-0.05, 0) is 33.3 Å². The second-order valence-electron chi connectivity index (χ2n) is 7.28. The standard InChI is InChI=1S/C18H20N2O2/c1-17(2)14(16(21)18(3,4)22-17)15-12-8-6-5-7-11(12)13-9-19-10-20(13)15/h5-10,14-15H,1-4H3. The van der Waals surface area contributed by atoms with Crippen molar-refractivity contribution in [2.75, 3.05) is 0 Å². The smallest absolute Gasteiger partial charge is 0.172 e. The summed E-state index contributed by atoms with van der Waals surface area (Å²) >= 11 is 0. The summed E-state index contributed by atoms with van der Waals surface area (Å²) in [7, 11) is 0. The highest BCUT2D eigenvalue weighted by Crippen LogP contribution is 2.51. The van der Waals surface area contributed by atoms with Crippen molar-refractivity contribution in [3.05, 3.63) is 42.4 Å². The molecular formula is C18H20N2O2. The van der Waals surface area contributed by atoms with Gasteiger partial charge in [0.1, 0.15) is 5.60 Å². The third kappa shape index (κ3) is 1.61. The molecule has 2 aliphatic rings. The lowest BCUT2D eigenvalue weighted by Crippen LogP contribution is -2.37. The topological polar surface area (TPSA) is 44.1 Å². The van der Waals surface area contributed by atoms with Gasteiger partial charge >= 0.3 is 0 Å². The maximum Gasteiger partial charge on any atom is 0.172 e. The molecule has 0 amide bonds. The zero-order valence-electron chi connectivity index (χ0n) is 13.3. The van der Waals surface area contributed by atoms with Gasteiger partial charge in [0, 0.05) is 5.56 Å². The normalized spacial score (nSPS) is 27.7. The Kier molecular flexibility index (Phi) is 2.54. The van der Waals surface area contributed by atoms with Gasteiger partial charge in [-0.1, -0.05) is 24.3 Å². The van der Waals surface area contributed by atoms with Gasteiger partial charge in [0.2, 0.25) is 0 Å². The first-order valence-corrected chi connectivity index (χ1v) is 7.68. The van der Waals surface area contributed by atoms with Gasteiger partial charge in [-0.25, -0.2) is 4.98 Å². The number of Topliss-reactive ketones (excluding diaryl/α,β-unsaturated/α-hetero) is 1. The molecule has 2 aliphatic heterocycles. The third-order valence-corrected chi connectivity index (χ3v) is 4.98. The first-order valence-electron chi connectivity index (χ1n) is 7.68. The lowest BCUT2D eigenvalue weighted by atomic mass is 9.78. The summed E-state index contributed by atoms with van der Waals surface area (Å²) in [4.78, 5) is 17.3. The van der Waals surface area contributed by atoms with E-state index < -0.39 is 11.2 Å². The second kappa shape index (κ2) is 4.07. The van der Waals surface area contributed by atoms with Crippen LogP contribution < -0.4 is 0 Å². The molecule has 1 aromatic heterocycles. The maximum absolute atomic E-state index is 13.0. The minimum Gasteiger partial charge on any atom is -0.361 e. The SMILES string of the molecule is CC1(C)OC(C)(C)C(C2c3ccccc3-c3cncn32)C1=O. The Bertz CT molecular complexity index is 773. The summed E-state index contributed by atoms with van der Waals surface area (Å²) in [6, 6.07) is 8.23. The van der Waals surface area contributed by atoms with Crippen LogP contribution in [0.15, 0.2) is 36.8 Å². The van der Waals surface area contributed by atoms with Crippen molar-refractivity contribution in [1.82, 2.24) is 9.55 Å². The number of carbonyl (C=O) groups is 1. The van der Waals surface area contributed by atoms with Crippen LogP contribution in [0.5, 0.6) is 0 Å². The molecule has 22 heavy (non-hydrogen) atoms.